The Labute approximate surface area is 137 Å². The highest BCUT2D eigenvalue weighted by molar-refractivity contribution is 7.90. The maximum absolute atomic E-state index is 12.3. The fraction of sp³-hybridized carbons (Fsp3) is 0.278. The maximum atomic E-state index is 12.3. The summed E-state index contributed by atoms with van der Waals surface area (Å²) in [6, 6.07) is 14.6. The van der Waals surface area contributed by atoms with Crippen LogP contribution in [0.1, 0.15) is 20.8 Å². The molecule has 2 aromatic rings. The lowest BCUT2D eigenvalue weighted by Gasteiger charge is -2.19. The van der Waals surface area contributed by atoms with Crippen molar-refractivity contribution in [1.82, 2.24) is 0 Å². The lowest BCUT2D eigenvalue weighted by molar-refractivity contribution is -0.123. The van der Waals surface area contributed by atoms with Gasteiger partial charge >= 0.3 is 0 Å². The van der Waals surface area contributed by atoms with Gasteiger partial charge in [0, 0.05) is 11.7 Å². The van der Waals surface area contributed by atoms with Gasteiger partial charge in [-0.25, -0.2) is 8.42 Å². The van der Waals surface area contributed by atoms with E-state index >= 15 is 0 Å². The Morgan fingerprint density at radius 1 is 0.957 bits per heavy atom. The SMILES string of the molecule is CC(C)(C)C(=O)Nc1cc(-c2ccccc2)ccc1S(C)(=O)=O. The van der Waals surface area contributed by atoms with E-state index in [9.17, 15) is 13.2 Å². The predicted octanol–water partition coefficient (Wildman–Crippen LogP) is 3.74. The molecule has 122 valence electrons. The fourth-order valence-corrected chi connectivity index (χ4v) is 2.90. The van der Waals surface area contributed by atoms with E-state index in [0.29, 0.717) is 5.69 Å². The maximum Gasteiger partial charge on any atom is 0.229 e. The number of rotatable bonds is 3. The van der Waals surface area contributed by atoms with Gasteiger partial charge in [-0.2, -0.15) is 0 Å². The van der Waals surface area contributed by atoms with E-state index in [2.05, 4.69) is 5.32 Å². The second-order valence-corrected chi connectivity index (χ2v) is 8.54. The number of anilines is 1. The summed E-state index contributed by atoms with van der Waals surface area (Å²) in [5.74, 6) is -0.229. The van der Waals surface area contributed by atoms with Crippen molar-refractivity contribution in [3.63, 3.8) is 0 Å². The second-order valence-electron chi connectivity index (χ2n) is 6.55. The van der Waals surface area contributed by atoms with Crippen LogP contribution in [0.5, 0.6) is 0 Å². The van der Waals surface area contributed by atoms with E-state index in [-0.39, 0.29) is 10.8 Å². The molecule has 0 fully saturated rings. The largest absolute Gasteiger partial charge is 0.324 e. The highest BCUT2D eigenvalue weighted by Gasteiger charge is 2.24. The van der Waals surface area contributed by atoms with Gasteiger partial charge in [0.15, 0.2) is 9.84 Å². The van der Waals surface area contributed by atoms with Gasteiger partial charge in [-0.05, 0) is 23.3 Å². The van der Waals surface area contributed by atoms with E-state index in [4.69, 9.17) is 0 Å². The molecule has 0 saturated carbocycles. The molecule has 0 aliphatic carbocycles. The molecule has 2 aromatic carbocycles. The molecule has 0 radical (unpaired) electrons. The van der Waals surface area contributed by atoms with Crippen LogP contribution in [-0.4, -0.2) is 20.6 Å². The molecule has 0 saturated heterocycles. The van der Waals surface area contributed by atoms with E-state index in [0.717, 1.165) is 17.4 Å². The first-order valence-electron chi connectivity index (χ1n) is 7.30. The first-order valence-corrected chi connectivity index (χ1v) is 9.19. The first kappa shape index (κ1) is 17.2. The predicted molar refractivity (Wildman–Crippen MR) is 93.1 cm³/mol. The van der Waals surface area contributed by atoms with Gasteiger partial charge in [-0.3, -0.25) is 4.79 Å². The minimum absolute atomic E-state index is 0.120. The third-order valence-electron chi connectivity index (χ3n) is 3.42. The van der Waals surface area contributed by atoms with Crippen LogP contribution >= 0.6 is 0 Å². The van der Waals surface area contributed by atoms with Crippen LogP contribution in [0.15, 0.2) is 53.4 Å². The van der Waals surface area contributed by atoms with Crippen molar-refractivity contribution in [2.75, 3.05) is 11.6 Å². The van der Waals surface area contributed by atoms with Gasteiger partial charge in [0.25, 0.3) is 0 Å². The van der Waals surface area contributed by atoms with Gasteiger partial charge in [-0.15, -0.1) is 0 Å². The van der Waals surface area contributed by atoms with Gasteiger partial charge in [-0.1, -0.05) is 57.2 Å². The topological polar surface area (TPSA) is 63.2 Å². The molecular formula is C18H21NO3S. The minimum Gasteiger partial charge on any atom is -0.324 e. The third kappa shape index (κ3) is 4.20. The third-order valence-corrected chi connectivity index (χ3v) is 4.57. The van der Waals surface area contributed by atoms with Crippen LogP contribution in [0.4, 0.5) is 5.69 Å². The number of carbonyl (C=O) groups is 1. The average Bonchev–Trinajstić information content (AvgIpc) is 2.46. The normalized spacial score (nSPS) is 12.0. The summed E-state index contributed by atoms with van der Waals surface area (Å²) in [7, 11) is -3.44. The van der Waals surface area contributed by atoms with Crippen molar-refractivity contribution in [2.24, 2.45) is 5.41 Å². The number of hydrogen-bond donors (Lipinski definition) is 1. The smallest absolute Gasteiger partial charge is 0.229 e. The molecule has 0 unspecified atom stereocenters. The van der Waals surface area contributed by atoms with Crippen LogP contribution in [0.2, 0.25) is 0 Å². The van der Waals surface area contributed by atoms with E-state index in [1.165, 1.54) is 6.07 Å². The number of amides is 1. The second kappa shape index (κ2) is 6.16. The van der Waals surface area contributed by atoms with Gasteiger partial charge < -0.3 is 5.32 Å². The summed E-state index contributed by atoms with van der Waals surface area (Å²) in [4.78, 5) is 12.4. The molecule has 5 heteroatoms. The molecule has 23 heavy (non-hydrogen) atoms. The molecule has 0 spiro atoms. The van der Waals surface area contributed by atoms with E-state index in [1.807, 2.05) is 30.3 Å². The number of sulfone groups is 1. The van der Waals surface area contributed by atoms with Gasteiger partial charge in [0.1, 0.15) is 0 Å². The van der Waals surface area contributed by atoms with Crippen molar-refractivity contribution in [3.8, 4) is 11.1 Å². The standard InChI is InChI=1S/C18H21NO3S/c1-18(2,3)17(20)19-15-12-14(13-8-6-5-7-9-13)10-11-16(15)23(4,21)22/h5-12H,1-4H3,(H,19,20). The summed E-state index contributed by atoms with van der Waals surface area (Å²) in [5, 5.41) is 2.75. The molecule has 2 rings (SSSR count). The Hall–Kier alpha value is -2.14. The Bertz CT molecular complexity index is 819. The zero-order chi connectivity index (χ0) is 17.3. The average molecular weight is 331 g/mol. The zero-order valence-corrected chi connectivity index (χ0v) is 14.6. The van der Waals surface area contributed by atoms with Gasteiger partial charge in [0.2, 0.25) is 5.91 Å². The number of carbonyl (C=O) groups excluding carboxylic acids is 1. The molecule has 0 aliphatic heterocycles. The molecule has 0 bridgehead atoms. The summed E-state index contributed by atoms with van der Waals surface area (Å²) in [5.41, 5.74) is 1.51. The quantitative estimate of drug-likeness (QED) is 0.932. The molecular weight excluding hydrogens is 310 g/mol. The molecule has 0 atom stereocenters. The number of nitrogens with one attached hydrogen (secondary N) is 1. The Morgan fingerprint density at radius 3 is 2.09 bits per heavy atom. The van der Waals surface area contributed by atoms with Crippen LogP contribution in [0.25, 0.3) is 11.1 Å². The number of hydrogen-bond acceptors (Lipinski definition) is 3. The summed E-state index contributed by atoms with van der Waals surface area (Å²) < 4.78 is 24.0. The first-order chi connectivity index (χ1) is 10.6. The Balaban J connectivity index is 2.54. The van der Waals surface area contributed by atoms with Crippen molar-refractivity contribution in [3.05, 3.63) is 48.5 Å². The summed E-state index contributed by atoms with van der Waals surface area (Å²) in [6.45, 7) is 5.34. The minimum atomic E-state index is -3.44. The fourth-order valence-electron chi connectivity index (χ4n) is 2.07. The van der Waals surface area contributed by atoms with Crippen molar-refractivity contribution >= 4 is 21.4 Å². The molecule has 1 N–H and O–H groups in total. The van der Waals surface area contributed by atoms with Crippen molar-refractivity contribution < 1.29 is 13.2 Å². The molecule has 0 aliphatic rings. The molecule has 0 heterocycles. The van der Waals surface area contributed by atoms with Crippen LogP contribution < -0.4 is 5.32 Å². The summed E-state index contributed by atoms with van der Waals surface area (Å²) in [6.07, 6.45) is 1.14. The van der Waals surface area contributed by atoms with Crippen molar-refractivity contribution in [2.45, 2.75) is 25.7 Å². The molecule has 1 amide bonds. The van der Waals surface area contributed by atoms with Gasteiger partial charge in [0.05, 0.1) is 10.6 Å². The van der Waals surface area contributed by atoms with Crippen molar-refractivity contribution in [1.29, 1.82) is 0 Å². The van der Waals surface area contributed by atoms with Crippen LogP contribution in [-0.2, 0) is 14.6 Å². The Kier molecular flexibility index (Phi) is 4.61. The number of benzene rings is 2. The zero-order valence-electron chi connectivity index (χ0n) is 13.8. The molecule has 0 aromatic heterocycles. The monoisotopic (exact) mass is 331 g/mol. The van der Waals surface area contributed by atoms with Crippen LogP contribution in [0, 0.1) is 5.41 Å². The van der Waals surface area contributed by atoms with E-state index < -0.39 is 15.3 Å². The lowest BCUT2D eigenvalue weighted by atomic mass is 9.95. The molecule has 4 nitrogen and oxygen atoms in total. The highest BCUT2D eigenvalue weighted by atomic mass is 32.2. The lowest BCUT2D eigenvalue weighted by Crippen LogP contribution is -2.28. The summed E-state index contributed by atoms with van der Waals surface area (Å²) >= 11 is 0. The highest BCUT2D eigenvalue weighted by Crippen LogP contribution is 2.29. The Morgan fingerprint density at radius 2 is 1.57 bits per heavy atom. The van der Waals surface area contributed by atoms with Crippen LogP contribution in [0.3, 0.4) is 0 Å². The van der Waals surface area contributed by atoms with E-state index in [1.54, 1.807) is 32.9 Å².